The lowest BCUT2D eigenvalue weighted by Gasteiger charge is -1.98. The summed E-state index contributed by atoms with van der Waals surface area (Å²) in [7, 11) is 0. The first-order valence-electron chi connectivity index (χ1n) is 5.75. The molecular weight excluding hydrogens is 232 g/mol. The molecule has 6 heteroatoms. The number of nitrogens with one attached hydrogen (secondary N) is 2. The number of aromatic amines is 1. The predicted molar refractivity (Wildman–Crippen MR) is 67.2 cm³/mol. The molecule has 96 valence electrons. The van der Waals surface area contributed by atoms with Gasteiger partial charge in [0.25, 0.3) is 5.91 Å². The van der Waals surface area contributed by atoms with E-state index in [2.05, 4.69) is 15.5 Å². The third kappa shape index (κ3) is 2.60. The van der Waals surface area contributed by atoms with Crippen molar-refractivity contribution in [3.8, 4) is 0 Å². The molecule has 2 heterocycles. The van der Waals surface area contributed by atoms with E-state index in [1.54, 1.807) is 18.2 Å². The van der Waals surface area contributed by atoms with Gasteiger partial charge in [-0.2, -0.15) is 5.10 Å². The van der Waals surface area contributed by atoms with Crippen molar-refractivity contribution >= 4 is 11.7 Å². The van der Waals surface area contributed by atoms with Crippen molar-refractivity contribution in [2.75, 3.05) is 5.32 Å². The number of anilines is 1. The molecule has 0 spiro atoms. The third-order valence-corrected chi connectivity index (χ3v) is 2.55. The molecule has 18 heavy (non-hydrogen) atoms. The molecule has 0 atom stereocenters. The molecule has 0 aliphatic heterocycles. The maximum Gasteiger partial charge on any atom is 0.292 e. The molecule has 4 N–H and O–H groups in total. The molecule has 1 amide bonds. The second kappa shape index (κ2) is 5.05. The van der Waals surface area contributed by atoms with Crippen LogP contribution in [-0.4, -0.2) is 16.1 Å². The summed E-state index contributed by atoms with van der Waals surface area (Å²) < 4.78 is 5.25. The maximum atomic E-state index is 11.8. The number of hydrogen-bond acceptors (Lipinski definition) is 4. The molecule has 0 saturated heterocycles. The van der Waals surface area contributed by atoms with Crippen LogP contribution in [0.3, 0.4) is 0 Å². The van der Waals surface area contributed by atoms with Gasteiger partial charge in [0.2, 0.25) is 0 Å². The van der Waals surface area contributed by atoms with Crippen molar-refractivity contribution in [2.45, 2.75) is 26.3 Å². The van der Waals surface area contributed by atoms with Gasteiger partial charge >= 0.3 is 0 Å². The predicted octanol–water partition coefficient (Wildman–Crippen LogP) is 1.84. The monoisotopic (exact) mass is 248 g/mol. The van der Waals surface area contributed by atoms with Crippen LogP contribution < -0.4 is 11.1 Å². The van der Waals surface area contributed by atoms with Crippen LogP contribution in [0.4, 0.5) is 5.82 Å². The molecule has 0 radical (unpaired) electrons. The molecule has 0 bridgehead atoms. The Morgan fingerprint density at radius 3 is 2.89 bits per heavy atom. The van der Waals surface area contributed by atoms with Gasteiger partial charge in [0.1, 0.15) is 5.76 Å². The van der Waals surface area contributed by atoms with Crippen LogP contribution in [0.25, 0.3) is 0 Å². The molecule has 0 aliphatic rings. The highest BCUT2D eigenvalue weighted by molar-refractivity contribution is 6.01. The number of aromatic nitrogens is 2. The maximum absolute atomic E-state index is 11.8. The smallest absolute Gasteiger partial charge is 0.292 e. The highest BCUT2D eigenvalue weighted by Crippen LogP contribution is 2.16. The van der Waals surface area contributed by atoms with E-state index >= 15 is 0 Å². The topological polar surface area (TPSA) is 96.9 Å². The fourth-order valence-corrected chi connectivity index (χ4v) is 1.48. The summed E-state index contributed by atoms with van der Waals surface area (Å²) in [6.45, 7) is 4.35. The van der Waals surface area contributed by atoms with Crippen molar-refractivity contribution in [1.29, 1.82) is 0 Å². The minimum atomic E-state index is -0.337. The summed E-state index contributed by atoms with van der Waals surface area (Å²) in [6, 6.07) is 5.07. The minimum Gasteiger partial charge on any atom is -0.455 e. The fraction of sp³-hybridized carbons (Fsp3) is 0.333. The van der Waals surface area contributed by atoms with Crippen molar-refractivity contribution < 1.29 is 9.21 Å². The van der Waals surface area contributed by atoms with E-state index in [-0.39, 0.29) is 18.2 Å². The zero-order chi connectivity index (χ0) is 13.1. The molecule has 6 nitrogen and oxygen atoms in total. The van der Waals surface area contributed by atoms with Crippen molar-refractivity contribution in [3.63, 3.8) is 0 Å². The van der Waals surface area contributed by atoms with E-state index in [1.807, 2.05) is 13.8 Å². The number of hydrogen-bond donors (Lipinski definition) is 3. The Kier molecular flexibility index (Phi) is 3.47. The van der Waals surface area contributed by atoms with Gasteiger partial charge in [-0.1, -0.05) is 13.8 Å². The number of amides is 1. The molecular formula is C12H16N4O2. The van der Waals surface area contributed by atoms with Gasteiger partial charge < -0.3 is 15.5 Å². The zero-order valence-electron chi connectivity index (χ0n) is 10.4. The van der Waals surface area contributed by atoms with Gasteiger partial charge in [-0.3, -0.25) is 9.89 Å². The summed E-state index contributed by atoms with van der Waals surface area (Å²) in [4.78, 5) is 11.8. The first kappa shape index (κ1) is 12.4. The zero-order valence-corrected chi connectivity index (χ0v) is 10.4. The Hall–Kier alpha value is -2.08. The lowest BCUT2D eigenvalue weighted by Crippen LogP contribution is -2.11. The van der Waals surface area contributed by atoms with E-state index in [1.165, 1.54) is 0 Å². The first-order valence-corrected chi connectivity index (χ1v) is 5.75. The van der Waals surface area contributed by atoms with E-state index in [9.17, 15) is 4.79 Å². The van der Waals surface area contributed by atoms with E-state index in [0.717, 1.165) is 5.69 Å². The molecule has 2 aromatic rings. The lowest BCUT2D eigenvalue weighted by molar-refractivity contribution is 0.0994. The molecule has 0 fully saturated rings. The lowest BCUT2D eigenvalue weighted by atomic mass is 10.1. The van der Waals surface area contributed by atoms with Crippen molar-refractivity contribution in [2.24, 2.45) is 5.73 Å². The summed E-state index contributed by atoms with van der Waals surface area (Å²) in [5.74, 6) is 1.27. The average molecular weight is 248 g/mol. The van der Waals surface area contributed by atoms with Crippen molar-refractivity contribution in [1.82, 2.24) is 10.2 Å². The van der Waals surface area contributed by atoms with E-state index in [0.29, 0.717) is 17.5 Å². The summed E-state index contributed by atoms with van der Waals surface area (Å²) >= 11 is 0. The Bertz CT molecular complexity index is 542. The third-order valence-electron chi connectivity index (χ3n) is 2.55. The number of carbonyl (C=O) groups is 1. The summed E-state index contributed by atoms with van der Waals surface area (Å²) in [5, 5.41) is 9.52. The molecule has 2 aromatic heterocycles. The number of carbonyl (C=O) groups excluding carboxylic acids is 1. The van der Waals surface area contributed by atoms with Crippen LogP contribution in [-0.2, 0) is 6.54 Å². The van der Waals surface area contributed by atoms with Crippen LogP contribution in [0.5, 0.6) is 0 Å². The second-order valence-electron chi connectivity index (χ2n) is 4.29. The Balaban J connectivity index is 2.06. The Morgan fingerprint density at radius 2 is 2.33 bits per heavy atom. The SMILES string of the molecule is CC(C)c1cc(NC(=O)c2ccc(CN)o2)n[nH]1. The molecule has 0 aromatic carbocycles. The van der Waals surface area contributed by atoms with Crippen LogP contribution in [0, 0.1) is 0 Å². The molecule has 0 unspecified atom stereocenters. The van der Waals surface area contributed by atoms with Gasteiger partial charge in [0.15, 0.2) is 11.6 Å². The van der Waals surface area contributed by atoms with Gasteiger partial charge in [0.05, 0.1) is 6.54 Å². The largest absolute Gasteiger partial charge is 0.455 e. The van der Waals surface area contributed by atoms with E-state index in [4.69, 9.17) is 10.2 Å². The highest BCUT2D eigenvalue weighted by atomic mass is 16.4. The number of nitrogens with two attached hydrogens (primary N) is 1. The van der Waals surface area contributed by atoms with Gasteiger partial charge in [0, 0.05) is 11.8 Å². The molecule has 2 rings (SSSR count). The number of nitrogens with zero attached hydrogens (tertiary/aromatic N) is 1. The Labute approximate surface area is 105 Å². The van der Waals surface area contributed by atoms with Crippen LogP contribution in [0.15, 0.2) is 22.6 Å². The van der Waals surface area contributed by atoms with Crippen LogP contribution in [0.2, 0.25) is 0 Å². The average Bonchev–Trinajstić information content (AvgIpc) is 2.96. The second-order valence-corrected chi connectivity index (χ2v) is 4.29. The van der Waals surface area contributed by atoms with E-state index < -0.39 is 0 Å². The number of furan rings is 1. The highest BCUT2D eigenvalue weighted by Gasteiger charge is 2.13. The summed E-state index contributed by atoms with van der Waals surface area (Å²) in [5.41, 5.74) is 6.37. The van der Waals surface area contributed by atoms with Gasteiger partial charge in [-0.25, -0.2) is 0 Å². The standard InChI is InChI=1S/C12H16N4O2/c1-7(2)9-5-11(16-15-9)14-12(17)10-4-3-8(6-13)18-10/h3-5,7H,6,13H2,1-2H3,(H2,14,15,16,17). The molecule has 0 saturated carbocycles. The fourth-order valence-electron chi connectivity index (χ4n) is 1.48. The minimum absolute atomic E-state index is 0.226. The number of H-pyrrole nitrogens is 1. The van der Waals surface area contributed by atoms with Gasteiger partial charge in [-0.05, 0) is 18.1 Å². The number of rotatable bonds is 4. The summed E-state index contributed by atoms with van der Waals surface area (Å²) in [6.07, 6.45) is 0. The van der Waals surface area contributed by atoms with Crippen LogP contribution >= 0.6 is 0 Å². The van der Waals surface area contributed by atoms with Crippen LogP contribution in [0.1, 0.15) is 41.8 Å². The quantitative estimate of drug-likeness (QED) is 0.769. The van der Waals surface area contributed by atoms with Gasteiger partial charge in [-0.15, -0.1) is 0 Å². The molecule has 0 aliphatic carbocycles. The normalized spacial score (nSPS) is 10.9. The van der Waals surface area contributed by atoms with Crippen molar-refractivity contribution in [3.05, 3.63) is 35.4 Å². The Morgan fingerprint density at radius 1 is 1.56 bits per heavy atom. The first-order chi connectivity index (χ1) is 8.60.